The molecule has 0 aliphatic heterocycles. The molecule has 0 saturated heterocycles. The lowest BCUT2D eigenvalue weighted by molar-refractivity contribution is -0.120. The number of aryl methyl sites for hydroxylation is 1. The van der Waals surface area contributed by atoms with E-state index in [2.05, 4.69) is 10.6 Å². The van der Waals surface area contributed by atoms with Crippen LogP contribution in [0.25, 0.3) is 0 Å². The Labute approximate surface area is 267 Å². The first-order valence-corrected chi connectivity index (χ1v) is 14.6. The number of rotatable bonds is 8. The summed E-state index contributed by atoms with van der Waals surface area (Å²) in [6.07, 6.45) is 0. The van der Waals surface area contributed by atoms with Crippen molar-refractivity contribution >= 4 is 81.2 Å². The summed E-state index contributed by atoms with van der Waals surface area (Å²) in [7, 11) is 0. The summed E-state index contributed by atoms with van der Waals surface area (Å²) in [5.74, 6) is -1.83. The Morgan fingerprint density at radius 2 is 1.57 bits per heavy atom. The van der Waals surface area contributed by atoms with Gasteiger partial charge in [-0.05, 0) is 89.8 Å². The molecule has 0 spiro atoms. The summed E-state index contributed by atoms with van der Waals surface area (Å²) in [5, 5.41) is 16.5. The van der Waals surface area contributed by atoms with Gasteiger partial charge in [-0.2, -0.15) is 0 Å². The Balaban J connectivity index is 1.39. The molecule has 1 aliphatic rings. The van der Waals surface area contributed by atoms with Gasteiger partial charge in [0, 0.05) is 33.9 Å². The lowest BCUT2D eigenvalue weighted by atomic mass is 9.88. The van der Waals surface area contributed by atoms with Crippen LogP contribution in [0.1, 0.15) is 38.5 Å². The van der Waals surface area contributed by atoms with E-state index in [1.54, 1.807) is 42.5 Å². The topological polar surface area (TPSA) is 104 Å². The number of hydrogen-bond donors (Lipinski definition) is 4. The fourth-order valence-electron chi connectivity index (χ4n) is 5.28. The summed E-state index contributed by atoms with van der Waals surface area (Å²) >= 11 is 32.3. The van der Waals surface area contributed by atoms with Gasteiger partial charge in [0.15, 0.2) is 0 Å². The van der Waals surface area contributed by atoms with Gasteiger partial charge in [-0.1, -0.05) is 76.2 Å². The Bertz CT molecular complexity index is 1690. The summed E-state index contributed by atoms with van der Waals surface area (Å²) in [4.78, 5) is 26.4. The molecule has 1 aliphatic carbocycles. The van der Waals surface area contributed by atoms with E-state index in [0.29, 0.717) is 33.4 Å². The van der Waals surface area contributed by atoms with Crippen molar-refractivity contribution in [3.63, 3.8) is 0 Å². The number of carbonyl (C=O) groups excluding carboxylic acids is 2. The van der Waals surface area contributed by atoms with Gasteiger partial charge >= 0.3 is 0 Å². The Hall–Kier alpha value is -3.13. The van der Waals surface area contributed by atoms with Crippen molar-refractivity contribution in [3.05, 3.63) is 122 Å². The second-order valence-corrected chi connectivity index (χ2v) is 12.8. The zero-order valence-electron chi connectivity index (χ0n) is 22.0. The molecule has 0 aromatic heterocycles. The molecule has 42 heavy (non-hydrogen) atoms. The maximum atomic E-state index is 13.4. The first-order valence-electron chi connectivity index (χ1n) is 12.7. The van der Waals surface area contributed by atoms with Gasteiger partial charge in [0.05, 0.1) is 10.6 Å². The van der Waals surface area contributed by atoms with Crippen LogP contribution >= 0.6 is 58.0 Å². The van der Waals surface area contributed by atoms with Crippen molar-refractivity contribution in [1.29, 1.82) is 0 Å². The number of benzene rings is 4. The first-order chi connectivity index (χ1) is 19.8. The predicted octanol–water partition coefficient (Wildman–Crippen LogP) is 8.22. The number of alkyl halides is 2. The fourth-order valence-corrected chi connectivity index (χ4v) is 7.12. The van der Waals surface area contributed by atoms with Crippen LogP contribution in [0.5, 0.6) is 5.75 Å². The highest BCUT2D eigenvalue weighted by Gasteiger charge is 2.80. The molecule has 2 amide bonds. The number of nitrogens with two attached hydrogens (primary N) is 1. The third-order valence-electron chi connectivity index (χ3n) is 7.42. The molecule has 0 radical (unpaired) electrons. The van der Waals surface area contributed by atoms with E-state index in [4.69, 9.17) is 63.7 Å². The van der Waals surface area contributed by atoms with Gasteiger partial charge < -0.3 is 21.5 Å². The average Bonchev–Trinajstić information content (AvgIpc) is 3.46. The number of primary amides is 1. The van der Waals surface area contributed by atoms with E-state index >= 15 is 0 Å². The van der Waals surface area contributed by atoms with Crippen molar-refractivity contribution in [2.24, 2.45) is 5.73 Å². The van der Waals surface area contributed by atoms with Crippen molar-refractivity contribution in [3.8, 4) is 5.75 Å². The molecule has 2 unspecified atom stereocenters. The quantitative estimate of drug-likeness (QED) is 0.143. The number of aromatic hydroxyl groups is 1. The highest BCUT2D eigenvalue weighted by atomic mass is 35.5. The Kier molecular flexibility index (Phi) is 8.31. The lowest BCUT2D eigenvalue weighted by Gasteiger charge is -2.18. The van der Waals surface area contributed by atoms with Gasteiger partial charge in [0.2, 0.25) is 5.91 Å². The van der Waals surface area contributed by atoms with E-state index in [1.807, 2.05) is 31.2 Å². The summed E-state index contributed by atoms with van der Waals surface area (Å²) < 4.78 is -1.63. The minimum absolute atomic E-state index is 0.114. The van der Waals surface area contributed by atoms with Crippen molar-refractivity contribution in [1.82, 2.24) is 0 Å². The maximum Gasteiger partial charge on any atom is 0.257 e. The zero-order valence-corrected chi connectivity index (χ0v) is 25.8. The van der Waals surface area contributed by atoms with Gasteiger partial charge in [0.1, 0.15) is 15.5 Å². The van der Waals surface area contributed by atoms with Crippen LogP contribution in [-0.2, 0) is 16.8 Å². The number of carbonyl (C=O) groups is 2. The molecule has 216 valence electrons. The maximum absolute atomic E-state index is 13.4. The van der Waals surface area contributed by atoms with Crippen LogP contribution in [0.15, 0.2) is 78.9 Å². The summed E-state index contributed by atoms with van der Waals surface area (Å²) in [6, 6.07) is 21.8. The molecular weight excluding hydrogens is 640 g/mol. The third kappa shape index (κ3) is 5.50. The fraction of sp³-hybridized carbons (Fsp3) is 0.161. The molecular formula is C31H24Cl5N3O3. The SMILES string of the molecule is Cc1cc(NCc2ccc(O)cc2)ccc1NC(=O)c1cc(C2(C(N)=O)C(c3cc(Cl)cc(Cl)c3)C2(Cl)Cl)ccc1Cl. The van der Waals surface area contributed by atoms with Crippen LogP contribution in [-0.4, -0.2) is 21.3 Å². The van der Waals surface area contributed by atoms with Gasteiger partial charge in [0.25, 0.3) is 5.91 Å². The normalized spacial score (nSPS) is 18.8. The number of halogens is 5. The number of hydrogen-bond acceptors (Lipinski definition) is 4. The van der Waals surface area contributed by atoms with Gasteiger partial charge in [-0.25, -0.2) is 0 Å². The second-order valence-electron chi connectivity index (χ2n) is 10.1. The first kappa shape index (κ1) is 30.3. The largest absolute Gasteiger partial charge is 0.508 e. The number of amides is 2. The summed E-state index contributed by atoms with van der Waals surface area (Å²) in [6.45, 7) is 2.42. The molecule has 4 aromatic rings. The molecule has 4 aromatic carbocycles. The van der Waals surface area contributed by atoms with E-state index in [-0.39, 0.29) is 16.3 Å². The van der Waals surface area contributed by atoms with Crippen LogP contribution in [0.2, 0.25) is 15.1 Å². The zero-order chi connectivity index (χ0) is 30.4. The molecule has 11 heteroatoms. The average molecular weight is 664 g/mol. The van der Waals surface area contributed by atoms with Crippen LogP contribution in [0, 0.1) is 6.92 Å². The minimum atomic E-state index is -1.63. The number of nitrogens with one attached hydrogen (secondary N) is 2. The smallest absolute Gasteiger partial charge is 0.257 e. The van der Waals surface area contributed by atoms with Gasteiger partial charge in [-0.15, -0.1) is 0 Å². The molecule has 5 rings (SSSR count). The highest BCUT2D eigenvalue weighted by Crippen LogP contribution is 2.74. The molecule has 1 fully saturated rings. The van der Waals surface area contributed by atoms with Crippen LogP contribution < -0.4 is 16.4 Å². The standard InChI is InChI=1S/C31H24Cl5N3O3/c1-16-10-22(38-15-17-2-6-23(40)7-3-17)5-9-26(16)39-28(41)24-13-19(4-8-25(24)34)30(29(37)42)27(31(30,35)36)18-11-20(32)14-21(33)12-18/h2-14,27,38,40H,15H2,1H3,(H2,37,42)(H,39,41). The number of phenols is 1. The summed E-state index contributed by atoms with van der Waals surface area (Å²) in [5.41, 5.74) is 8.56. The predicted molar refractivity (Wildman–Crippen MR) is 171 cm³/mol. The molecule has 5 N–H and O–H groups in total. The Morgan fingerprint density at radius 3 is 2.19 bits per heavy atom. The molecule has 0 heterocycles. The highest BCUT2D eigenvalue weighted by molar-refractivity contribution is 6.55. The van der Waals surface area contributed by atoms with E-state index in [1.165, 1.54) is 12.1 Å². The minimum Gasteiger partial charge on any atom is -0.508 e. The number of anilines is 2. The molecule has 2 atom stereocenters. The number of phenolic OH excluding ortho intramolecular Hbond substituents is 1. The van der Waals surface area contributed by atoms with Crippen molar-refractivity contribution in [2.75, 3.05) is 10.6 Å². The Morgan fingerprint density at radius 1 is 0.905 bits per heavy atom. The third-order valence-corrected chi connectivity index (χ3v) is 9.22. The monoisotopic (exact) mass is 661 g/mol. The second kappa shape index (κ2) is 11.5. The van der Waals surface area contributed by atoms with Gasteiger partial charge in [-0.3, -0.25) is 9.59 Å². The van der Waals surface area contributed by atoms with Crippen molar-refractivity contribution in [2.45, 2.75) is 29.1 Å². The lowest BCUT2D eigenvalue weighted by Crippen LogP contribution is -2.34. The van der Waals surface area contributed by atoms with Crippen LogP contribution in [0.4, 0.5) is 11.4 Å². The molecule has 0 bridgehead atoms. The van der Waals surface area contributed by atoms with E-state index in [0.717, 1.165) is 16.8 Å². The molecule has 1 saturated carbocycles. The van der Waals surface area contributed by atoms with Crippen molar-refractivity contribution < 1.29 is 14.7 Å². The molecule has 6 nitrogen and oxygen atoms in total. The van der Waals surface area contributed by atoms with E-state index in [9.17, 15) is 14.7 Å². The van der Waals surface area contributed by atoms with E-state index < -0.39 is 27.5 Å². The van der Waals surface area contributed by atoms with Crippen LogP contribution in [0.3, 0.4) is 0 Å².